The zero-order valence-electron chi connectivity index (χ0n) is 7.66. The van der Waals surface area contributed by atoms with Crippen LogP contribution in [-0.4, -0.2) is 33.2 Å². The minimum Gasteiger partial charge on any atom is -0.362 e. The van der Waals surface area contributed by atoms with E-state index >= 15 is 0 Å². The van der Waals surface area contributed by atoms with Crippen molar-refractivity contribution in [2.24, 2.45) is 0 Å². The van der Waals surface area contributed by atoms with Gasteiger partial charge in [0.15, 0.2) is 0 Å². The molecule has 0 bridgehead atoms. The molecule has 80 valence electrons. The fourth-order valence-electron chi connectivity index (χ4n) is 0. The molecule has 0 saturated carbocycles. The summed E-state index contributed by atoms with van der Waals surface area (Å²) in [6.07, 6.45) is 2.76. The summed E-state index contributed by atoms with van der Waals surface area (Å²) in [7, 11) is 3.12. The number of carbonyl (C=O) groups is 3. The molecule has 0 saturated heterocycles. The summed E-state index contributed by atoms with van der Waals surface area (Å²) < 4.78 is 0. The normalized spacial score (nSPS) is 5.15. The number of hydrogen-bond acceptors (Lipinski definition) is 3. The molecule has 13 heavy (non-hydrogen) atoms. The number of nitrogens with one attached hydrogen (secondary N) is 2. The Kier molecular flexibility index (Phi) is 80.0. The molecule has 0 aromatic carbocycles. The molecule has 5 nitrogen and oxygen atoms in total. The van der Waals surface area contributed by atoms with E-state index in [2.05, 4.69) is 10.6 Å². The van der Waals surface area contributed by atoms with Crippen molar-refractivity contribution in [2.75, 3.05) is 14.1 Å². The van der Waals surface area contributed by atoms with E-state index < -0.39 is 0 Å². The van der Waals surface area contributed by atoms with Crippen molar-refractivity contribution in [2.45, 2.75) is 20.8 Å². The molecular weight excluding hydrogens is 172 g/mol. The molecule has 0 atom stereocenters. The van der Waals surface area contributed by atoms with Gasteiger partial charge < -0.3 is 15.4 Å². The van der Waals surface area contributed by atoms with E-state index in [1.54, 1.807) is 14.1 Å². The monoisotopic (exact) mass is 192 g/mol. The summed E-state index contributed by atoms with van der Waals surface area (Å²) in [6, 6.07) is 0. The highest BCUT2D eigenvalue weighted by atomic mass is 16.1. The van der Waals surface area contributed by atoms with Crippen LogP contribution in [0.4, 0.5) is 0 Å². The van der Waals surface area contributed by atoms with Crippen molar-refractivity contribution >= 4 is 19.1 Å². The van der Waals surface area contributed by atoms with Crippen LogP contribution in [0.15, 0.2) is 0 Å². The molecule has 2 amide bonds. The van der Waals surface area contributed by atoms with E-state index in [1.807, 2.05) is 6.92 Å². The van der Waals surface area contributed by atoms with Gasteiger partial charge in [0.1, 0.15) is 6.29 Å². The average Bonchev–Trinajstić information content (AvgIpc) is 2.18. The summed E-state index contributed by atoms with van der Waals surface area (Å²) in [5.41, 5.74) is 0. The van der Waals surface area contributed by atoms with Crippen LogP contribution in [0.2, 0.25) is 0 Å². The molecule has 0 radical (unpaired) electrons. The Hall–Kier alpha value is -1.39. The molecule has 0 aromatic heterocycles. The van der Waals surface area contributed by atoms with E-state index in [9.17, 15) is 4.79 Å². The summed E-state index contributed by atoms with van der Waals surface area (Å²) in [4.78, 5) is 27.3. The van der Waals surface area contributed by atoms with Crippen LogP contribution in [-0.2, 0) is 14.4 Å². The largest absolute Gasteiger partial charge is 0.362 e. The van der Waals surface area contributed by atoms with Crippen molar-refractivity contribution in [3.8, 4) is 0 Å². The minimum absolute atomic E-state index is 0. The number of aldehydes is 1. The Labute approximate surface area is 79.9 Å². The molecule has 5 heteroatoms. The zero-order chi connectivity index (χ0) is 10.2. The molecular formula is C8H20N2O3. The first-order chi connectivity index (χ1) is 5.74. The third-order valence-corrected chi connectivity index (χ3v) is 0.402. The first-order valence-electron chi connectivity index (χ1n) is 3.40. The average molecular weight is 192 g/mol. The van der Waals surface area contributed by atoms with Gasteiger partial charge in [-0.3, -0.25) is 9.59 Å². The number of rotatable bonds is 3. The molecule has 0 aromatic rings. The van der Waals surface area contributed by atoms with Crippen LogP contribution in [0, 0.1) is 0 Å². The molecule has 2 N–H and O–H groups in total. The van der Waals surface area contributed by atoms with Gasteiger partial charge in [-0.25, -0.2) is 0 Å². The Bertz CT molecular complexity index is 78.4. The lowest BCUT2D eigenvalue weighted by molar-refractivity contribution is -0.109. The van der Waals surface area contributed by atoms with Crippen LogP contribution < -0.4 is 10.6 Å². The van der Waals surface area contributed by atoms with Crippen LogP contribution in [0.3, 0.4) is 0 Å². The lowest BCUT2D eigenvalue weighted by atomic mass is 10.6. The van der Waals surface area contributed by atoms with Crippen molar-refractivity contribution in [1.29, 1.82) is 0 Å². The molecule has 0 fully saturated rings. The lowest BCUT2D eigenvalue weighted by Gasteiger charge is -1.64. The fourth-order valence-corrected chi connectivity index (χ4v) is 0. The maximum Gasteiger partial charge on any atom is 0.206 e. The molecule has 0 aliphatic heterocycles. The Balaban J connectivity index is -0.0000000450. The maximum absolute atomic E-state index is 9.17. The van der Waals surface area contributed by atoms with E-state index in [4.69, 9.17) is 9.59 Å². The van der Waals surface area contributed by atoms with Crippen LogP contribution in [0.1, 0.15) is 20.8 Å². The van der Waals surface area contributed by atoms with Gasteiger partial charge in [-0.1, -0.05) is 14.4 Å². The van der Waals surface area contributed by atoms with E-state index in [1.165, 1.54) is 0 Å². The predicted octanol–water partition coefficient (Wildman–Crippen LogP) is -0.0442. The standard InChI is InChI=1S/C3H6O.2C2H5NO.CH4/c1-2-3-4;2*1-3-2-4;/h3H,2H2,1H3;2*2H,1H3,(H,3,4);1H4. The number of amides is 2. The van der Waals surface area contributed by atoms with Crippen molar-refractivity contribution in [3.63, 3.8) is 0 Å². The van der Waals surface area contributed by atoms with Crippen LogP contribution in [0.25, 0.3) is 0 Å². The van der Waals surface area contributed by atoms with Crippen LogP contribution >= 0.6 is 0 Å². The first kappa shape index (κ1) is 22.6. The highest BCUT2D eigenvalue weighted by Gasteiger charge is 1.52. The Morgan fingerprint density at radius 2 is 1.15 bits per heavy atom. The van der Waals surface area contributed by atoms with Crippen molar-refractivity contribution < 1.29 is 14.4 Å². The second-order valence-corrected chi connectivity index (χ2v) is 1.39. The van der Waals surface area contributed by atoms with Crippen molar-refractivity contribution in [3.05, 3.63) is 0 Å². The second kappa shape index (κ2) is 46.1. The summed E-state index contributed by atoms with van der Waals surface area (Å²) in [5, 5.41) is 4.50. The second-order valence-electron chi connectivity index (χ2n) is 1.39. The van der Waals surface area contributed by atoms with E-state index in [0.29, 0.717) is 19.2 Å². The van der Waals surface area contributed by atoms with Gasteiger partial charge in [-0.15, -0.1) is 0 Å². The molecule has 0 heterocycles. The van der Waals surface area contributed by atoms with Gasteiger partial charge >= 0.3 is 0 Å². The topological polar surface area (TPSA) is 75.3 Å². The first-order valence-corrected chi connectivity index (χ1v) is 3.40. The maximum atomic E-state index is 9.17. The van der Waals surface area contributed by atoms with Gasteiger partial charge in [0.05, 0.1) is 0 Å². The molecule has 0 aliphatic rings. The quantitative estimate of drug-likeness (QED) is 0.616. The summed E-state index contributed by atoms with van der Waals surface area (Å²) in [6.45, 7) is 1.81. The highest BCUT2D eigenvalue weighted by molar-refractivity contribution is 5.48. The van der Waals surface area contributed by atoms with Gasteiger partial charge in [0.2, 0.25) is 12.8 Å². The Morgan fingerprint density at radius 1 is 1.00 bits per heavy atom. The lowest BCUT2D eigenvalue weighted by Crippen LogP contribution is -1.98. The van der Waals surface area contributed by atoms with Crippen molar-refractivity contribution in [1.82, 2.24) is 10.6 Å². The molecule has 0 rings (SSSR count). The van der Waals surface area contributed by atoms with Gasteiger partial charge in [-0.2, -0.15) is 0 Å². The minimum atomic E-state index is 0. The predicted molar refractivity (Wildman–Crippen MR) is 53.3 cm³/mol. The number of hydrogen-bond donors (Lipinski definition) is 2. The third-order valence-electron chi connectivity index (χ3n) is 0.402. The molecule has 0 aliphatic carbocycles. The third kappa shape index (κ3) is 303. The highest BCUT2D eigenvalue weighted by Crippen LogP contribution is 1.53. The molecule has 0 spiro atoms. The van der Waals surface area contributed by atoms with Gasteiger partial charge in [-0.05, 0) is 0 Å². The van der Waals surface area contributed by atoms with Gasteiger partial charge in [0, 0.05) is 20.5 Å². The smallest absolute Gasteiger partial charge is 0.206 e. The fraction of sp³-hybridized carbons (Fsp3) is 0.625. The zero-order valence-corrected chi connectivity index (χ0v) is 7.66. The number of carbonyl (C=O) groups excluding carboxylic acids is 3. The Morgan fingerprint density at radius 3 is 1.15 bits per heavy atom. The SMILES string of the molecule is C.CCC=O.CNC=O.CNC=O. The summed E-state index contributed by atoms with van der Waals surface area (Å²) >= 11 is 0. The van der Waals surface area contributed by atoms with E-state index in [-0.39, 0.29) is 7.43 Å². The molecule has 0 unspecified atom stereocenters. The van der Waals surface area contributed by atoms with E-state index in [0.717, 1.165) is 6.29 Å². The van der Waals surface area contributed by atoms with Crippen LogP contribution in [0.5, 0.6) is 0 Å². The summed E-state index contributed by atoms with van der Waals surface area (Å²) in [5.74, 6) is 0. The van der Waals surface area contributed by atoms with Gasteiger partial charge in [0.25, 0.3) is 0 Å².